The molecule has 0 unspecified atom stereocenters. The van der Waals surface area contributed by atoms with E-state index in [9.17, 15) is 8.42 Å². The molecule has 0 aromatic heterocycles. The van der Waals surface area contributed by atoms with E-state index in [1.54, 1.807) is 0 Å². The topological polar surface area (TPSA) is 34.1 Å². The number of hydrogen-bond donors (Lipinski definition) is 0. The van der Waals surface area contributed by atoms with Crippen LogP contribution in [-0.2, 0) is 9.84 Å². The van der Waals surface area contributed by atoms with E-state index in [1.165, 1.54) is 12.2 Å². The molecular formula is C8H12O2S. The van der Waals surface area contributed by atoms with Crippen LogP contribution in [0.4, 0.5) is 0 Å². The van der Waals surface area contributed by atoms with E-state index in [0.29, 0.717) is 6.42 Å². The highest BCUT2D eigenvalue weighted by molar-refractivity contribution is 7.93. The van der Waals surface area contributed by atoms with Gasteiger partial charge >= 0.3 is 0 Å². The van der Waals surface area contributed by atoms with Crippen LogP contribution in [0.15, 0.2) is 25.3 Å². The summed E-state index contributed by atoms with van der Waals surface area (Å²) in [6.07, 6.45) is 4.34. The average Bonchev–Trinajstić information content (AvgIpc) is 2.26. The average molecular weight is 172 g/mol. The first-order valence-electron chi connectivity index (χ1n) is 3.57. The molecular weight excluding hydrogens is 160 g/mol. The van der Waals surface area contributed by atoms with Crippen LogP contribution in [0.5, 0.6) is 0 Å². The van der Waals surface area contributed by atoms with Crippen LogP contribution >= 0.6 is 0 Å². The minimum atomic E-state index is -2.98. The van der Waals surface area contributed by atoms with Crippen molar-refractivity contribution < 1.29 is 8.42 Å². The Balaban J connectivity index is 3.20. The predicted molar refractivity (Wildman–Crippen MR) is 46.1 cm³/mol. The Kier molecular flexibility index (Phi) is 1.92. The summed E-state index contributed by atoms with van der Waals surface area (Å²) < 4.78 is 22.0. The quantitative estimate of drug-likeness (QED) is 0.588. The van der Waals surface area contributed by atoms with Crippen LogP contribution in [0.3, 0.4) is 0 Å². The molecule has 0 aromatic rings. The van der Waals surface area contributed by atoms with Crippen LogP contribution in [-0.4, -0.2) is 18.9 Å². The molecule has 1 aliphatic rings. The van der Waals surface area contributed by atoms with Gasteiger partial charge in [0.05, 0.1) is 5.75 Å². The van der Waals surface area contributed by atoms with Crippen molar-refractivity contribution in [3.05, 3.63) is 25.3 Å². The van der Waals surface area contributed by atoms with Crippen molar-refractivity contribution in [3.8, 4) is 0 Å². The minimum Gasteiger partial charge on any atom is -0.228 e. The summed E-state index contributed by atoms with van der Waals surface area (Å²) in [4.78, 5) is 0. The highest BCUT2D eigenvalue weighted by atomic mass is 32.2. The molecule has 1 saturated heterocycles. The molecule has 11 heavy (non-hydrogen) atoms. The SMILES string of the molecule is C=CC1(C=C)CCCS1(=O)=O. The molecule has 1 rings (SSSR count). The standard InChI is InChI=1S/C8H12O2S/c1-3-8(4-2)6-5-7-11(8,9)10/h3-4H,1-2,5-7H2. The fourth-order valence-corrected chi connectivity index (χ4v) is 3.29. The van der Waals surface area contributed by atoms with E-state index in [4.69, 9.17) is 0 Å². The second kappa shape index (κ2) is 2.48. The lowest BCUT2D eigenvalue weighted by Gasteiger charge is -2.17. The molecule has 0 spiro atoms. The van der Waals surface area contributed by atoms with Crippen molar-refractivity contribution in [2.45, 2.75) is 17.6 Å². The van der Waals surface area contributed by atoms with Crippen molar-refractivity contribution in [3.63, 3.8) is 0 Å². The van der Waals surface area contributed by atoms with Gasteiger partial charge in [-0.05, 0) is 12.8 Å². The van der Waals surface area contributed by atoms with Gasteiger partial charge in [0.25, 0.3) is 0 Å². The zero-order valence-corrected chi connectivity index (χ0v) is 7.23. The number of sulfone groups is 1. The van der Waals surface area contributed by atoms with Gasteiger partial charge in [-0.3, -0.25) is 0 Å². The summed E-state index contributed by atoms with van der Waals surface area (Å²) in [6, 6.07) is 0. The summed E-state index contributed by atoms with van der Waals surface area (Å²) >= 11 is 0. The molecule has 0 bridgehead atoms. The highest BCUT2D eigenvalue weighted by Gasteiger charge is 2.42. The van der Waals surface area contributed by atoms with Crippen LogP contribution < -0.4 is 0 Å². The smallest absolute Gasteiger partial charge is 0.163 e. The second-order valence-electron chi connectivity index (χ2n) is 2.79. The summed E-state index contributed by atoms with van der Waals surface area (Å²) in [5, 5.41) is 0. The highest BCUT2D eigenvalue weighted by Crippen LogP contribution is 2.33. The zero-order chi connectivity index (χ0) is 8.54. The first kappa shape index (κ1) is 8.53. The number of rotatable bonds is 2. The maximum absolute atomic E-state index is 11.4. The molecule has 1 fully saturated rings. The van der Waals surface area contributed by atoms with Crippen LogP contribution in [0.1, 0.15) is 12.8 Å². The third kappa shape index (κ3) is 1.03. The van der Waals surface area contributed by atoms with Gasteiger partial charge in [-0.1, -0.05) is 12.2 Å². The Morgan fingerprint density at radius 3 is 2.00 bits per heavy atom. The van der Waals surface area contributed by atoms with Gasteiger partial charge in [0.15, 0.2) is 9.84 Å². The van der Waals surface area contributed by atoms with E-state index >= 15 is 0 Å². The van der Waals surface area contributed by atoms with E-state index in [0.717, 1.165) is 6.42 Å². The van der Waals surface area contributed by atoms with E-state index in [1.807, 2.05) is 0 Å². The summed E-state index contributed by atoms with van der Waals surface area (Å²) in [5.41, 5.74) is 0. The first-order valence-corrected chi connectivity index (χ1v) is 5.23. The summed E-state index contributed by atoms with van der Waals surface area (Å²) in [7, 11) is -2.98. The Morgan fingerprint density at radius 2 is 1.82 bits per heavy atom. The van der Waals surface area contributed by atoms with Gasteiger partial charge in [0.2, 0.25) is 0 Å². The van der Waals surface area contributed by atoms with Gasteiger partial charge in [-0.25, -0.2) is 8.42 Å². The molecule has 0 aliphatic carbocycles. The molecule has 2 nitrogen and oxygen atoms in total. The van der Waals surface area contributed by atoms with E-state index in [2.05, 4.69) is 13.2 Å². The molecule has 3 heteroatoms. The van der Waals surface area contributed by atoms with Crippen LogP contribution in [0, 0.1) is 0 Å². The predicted octanol–water partition coefficient (Wildman–Crippen LogP) is 1.31. The molecule has 0 N–H and O–H groups in total. The van der Waals surface area contributed by atoms with Crippen molar-refractivity contribution in [1.29, 1.82) is 0 Å². The normalized spacial score (nSPS) is 26.2. The summed E-state index contributed by atoms with van der Waals surface area (Å²) in [5.74, 6) is 0.269. The van der Waals surface area contributed by atoms with Crippen molar-refractivity contribution in [1.82, 2.24) is 0 Å². The Bertz CT molecular complexity index is 266. The second-order valence-corrected chi connectivity index (χ2v) is 5.18. The van der Waals surface area contributed by atoms with Crippen molar-refractivity contribution in [2.75, 3.05) is 5.75 Å². The van der Waals surface area contributed by atoms with Gasteiger partial charge in [-0.2, -0.15) is 0 Å². The fourth-order valence-electron chi connectivity index (χ4n) is 1.43. The molecule has 0 saturated carbocycles. The first-order chi connectivity index (χ1) is 5.08. The van der Waals surface area contributed by atoms with Crippen LogP contribution in [0.2, 0.25) is 0 Å². The lowest BCUT2D eigenvalue weighted by Crippen LogP contribution is -2.28. The van der Waals surface area contributed by atoms with E-state index in [-0.39, 0.29) is 5.75 Å². The fraction of sp³-hybridized carbons (Fsp3) is 0.500. The maximum atomic E-state index is 11.4. The van der Waals surface area contributed by atoms with E-state index < -0.39 is 14.6 Å². The molecule has 1 heterocycles. The Hall–Kier alpha value is -0.570. The minimum absolute atomic E-state index is 0.269. The molecule has 1 aliphatic heterocycles. The number of hydrogen-bond acceptors (Lipinski definition) is 2. The lowest BCUT2D eigenvalue weighted by atomic mass is 10.0. The van der Waals surface area contributed by atoms with Gasteiger partial charge in [-0.15, -0.1) is 13.2 Å². The Morgan fingerprint density at radius 1 is 1.27 bits per heavy atom. The molecule has 0 radical (unpaired) electrons. The Labute approximate surface area is 67.5 Å². The zero-order valence-electron chi connectivity index (χ0n) is 6.41. The lowest BCUT2D eigenvalue weighted by molar-refractivity contribution is 0.586. The van der Waals surface area contributed by atoms with Gasteiger partial charge < -0.3 is 0 Å². The largest absolute Gasteiger partial charge is 0.228 e. The third-order valence-corrected chi connectivity index (χ3v) is 4.77. The molecule has 62 valence electrons. The molecule has 0 aromatic carbocycles. The van der Waals surface area contributed by atoms with Gasteiger partial charge in [0.1, 0.15) is 4.75 Å². The third-order valence-electron chi connectivity index (χ3n) is 2.25. The van der Waals surface area contributed by atoms with Crippen LogP contribution in [0.25, 0.3) is 0 Å². The summed E-state index contributed by atoms with van der Waals surface area (Å²) in [6.45, 7) is 7.06. The molecule has 0 atom stereocenters. The van der Waals surface area contributed by atoms with Crippen molar-refractivity contribution >= 4 is 9.84 Å². The monoisotopic (exact) mass is 172 g/mol. The van der Waals surface area contributed by atoms with Gasteiger partial charge in [0, 0.05) is 0 Å². The van der Waals surface area contributed by atoms with Crippen molar-refractivity contribution in [2.24, 2.45) is 0 Å². The maximum Gasteiger partial charge on any atom is 0.163 e. The molecule has 0 amide bonds.